The van der Waals surface area contributed by atoms with Gasteiger partial charge in [-0.15, -0.1) is 0 Å². The van der Waals surface area contributed by atoms with Crippen LogP contribution in [0.4, 0.5) is 5.82 Å². The molecule has 0 saturated carbocycles. The molecule has 7 heteroatoms. The van der Waals surface area contributed by atoms with Crippen molar-refractivity contribution in [3.8, 4) is 6.07 Å². The first-order chi connectivity index (χ1) is 13.4. The average molecular weight is 381 g/mol. The van der Waals surface area contributed by atoms with Crippen molar-refractivity contribution in [3.63, 3.8) is 0 Å². The summed E-state index contributed by atoms with van der Waals surface area (Å²) in [4.78, 5) is 24.6. The molecule has 1 fully saturated rings. The Morgan fingerprint density at radius 1 is 1.46 bits per heavy atom. The number of aryl methyl sites for hydroxylation is 1. The van der Waals surface area contributed by atoms with Crippen LogP contribution >= 0.6 is 0 Å². The summed E-state index contributed by atoms with van der Waals surface area (Å²) in [5.74, 6) is 0.00971. The number of nitrogens with zero attached hydrogens (tertiary/aromatic N) is 4. The van der Waals surface area contributed by atoms with E-state index in [1.807, 2.05) is 32.0 Å². The third kappa shape index (κ3) is 3.52. The van der Waals surface area contributed by atoms with Gasteiger partial charge in [-0.2, -0.15) is 5.26 Å². The topological polar surface area (TPSA) is 91.1 Å². The second kappa shape index (κ2) is 8.11. The van der Waals surface area contributed by atoms with Gasteiger partial charge in [0.05, 0.1) is 23.7 Å². The van der Waals surface area contributed by atoms with E-state index in [1.54, 1.807) is 6.92 Å². The van der Waals surface area contributed by atoms with Gasteiger partial charge in [-0.3, -0.25) is 0 Å². The molecule has 0 amide bonds. The molecule has 1 N–H and O–H groups in total. The number of carbonyl (C=O) groups excluding carboxylic acids is 1. The van der Waals surface area contributed by atoms with E-state index in [9.17, 15) is 10.1 Å². The van der Waals surface area contributed by atoms with Crippen molar-refractivity contribution >= 4 is 22.8 Å². The SMILES string of the molecule is CCCOC(=O)C(C)(C#N)c1nc2cccc(C)c2nc1N1CCNCC1C. The number of ether oxygens (including phenoxy) is 1. The molecule has 0 spiro atoms. The van der Waals surface area contributed by atoms with Gasteiger partial charge in [0.2, 0.25) is 0 Å². The summed E-state index contributed by atoms with van der Waals surface area (Å²) in [5.41, 5.74) is 1.30. The molecule has 0 bridgehead atoms. The molecule has 1 aromatic carbocycles. The van der Waals surface area contributed by atoms with Gasteiger partial charge in [-0.1, -0.05) is 19.1 Å². The highest BCUT2D eigenvalue weighted by Crippen LogP contribution is 2.34. The Bertz CT molecular complexity index is 923. The Balaban J connectivity index is 2.22. The minimum absolute atomic E-state index is 0.165. The van der Waals surface area contributed by atoms with Crippen LogP contribution in [0.25, 0.3) is 11.0 Å². The summed E-state index contributed by atoms with van der Waals surface area (Å²) in [7, 11) is 0. The summed E-state index contributed by atoms with van der Waals surface area (Å²) in [6.45, 7) is 10.2. The van der Waals surface area contributed by atoms with Gasteiger partial charge in [0.15, 0.2) is 11.2 Å². The predicted octanol–water partition coefficient (Wildman–Crippen LogP) is 2.47. The van der Waals surface area contributed by atoms with Crippen molar-refractivity contribution in [1.82, 2.24) is 15.3 Å². The summed E-state index contributed by atoms with van der Waals surface area (Å²) in [6, 6.07) is 8.07. The van der Waals surface area contributed by atoms with Crippen molar-refractivity contribution in [2.45, 2.75) is 45.6 Å². The third-order valence-electron chi connectivity index (χ3n) is 5.19. The van der Waals surface area contributed by atoms with E-state index in [2.05, 4.69) is 23.2 Å². The molecule has 1 aliphatic rings. The first-order valence-corrected chi connectivity index (χ1v) is 9.76. The summed E-state index contributed by atoms with van der Waals surface area (Å²) >= 11 is 0. The number of hydrogen-bond acceptors (Lipinski definition) is 7. The number of benzene rings is 1. The molecule has 0 aliphatic carbocycles. The minimum atomic E-state index is -1.53. The molecule has 7 nitrogen and oxygen atoms in total. The number of nitriles is 1. The van der Waals surface area contributed by atoms with Crippen molar-refractivity contribution < 1.29 is 9.53 Å². The van der Waals surface area contributed by atoms with Gasteiger partial charge >= 0.3 is 5.97 Å². The smallest absolute Gasteiger partial charge is 0.332 e. The van der Waals surface area contributed by atoms with Crippen molar-refractivity contribution in [1.29, 1.82) is 5.26 Å². The number of carbonyl (C=O) groups is 1. The number of hydrogen-bond donors (Lipinski definition) is 1. The second-order valence-corrected chi connectivity index (χ2v) is 7.46. The first kappa shape index (κ1) is 20.0. The Hall–Kier alpha value is -2.72. The van der Waals surface area contributed by atoms with Crippen LogP contribution in [-0.2, 0) is 14.9 Å². The van der Waals surface area contributed by atoms with Crippen LogP contribution in [0.1, 0.15) is 38.4 Å². The molecule has 1 aliphatic heterocycles. The number of anilines is 1. The normalized spacial score (nSPS) is 19.1. The van der Waals surface area contributed by atoms with E-state index >= 15 is 0 Å². The van der Waals surface area contributed by atoms with Crippen molar-refractivity contribution in [2.75, 3.05) is 31.1 Å². The molecule has 2 unspecified atom stereocenters. The number of fused-ring (bicyclic) bond motifs is 1. The number of nitrogens with one attached hydrogen (secondary N) is 1. The Morgan fingerprint density at radius 2 is 2.25 bits per heavy atom. The molecule has 2 aromatic rings. The molecule has 1 saturated heterocycles. The molecule has 1 aromatic heterocycles. The van der Waals surface area contributed by atoms with E-state index in [1.165, 1.54) is 0 Å². The van der Waals surface area contributed by atoms with E-state index < -0.39 is 11.4 Å². The van der Waals surface area contributed by atoms with Crippen LogP contribution in [0.2, 0.25) is 0 Å². The lowest BCUT2D eigenvalue weighted by atomic mass is 9.87. The fourth-order valence-electron chi connectivity index (χ4n) is 3.43. The lowest BCUT2D eigenvalue weighted by Crippen LogP contribution is -2.51. The van der Waals surface area contributed by atoms with Crippen molar-refractivity contribution in [3.05, 3.63) is 29.5 Å². The molecular weight excluding hydrogens is 354 g/mol. The lowest BCUT2D eigenvalue weighted by molar-refractivity contribution is -0.147. The highest BCUT2D eigenvalue weighted by atomic mass is 16.5. The van der Waals surface area contributed by atoms with E-state index in [0.29, 0.717) is 23.4 Å². The maximum atomic E-state index is 12.8. The van der Waals surface area contributed by atoms with Gasteiger partial charge in [0, 0.05) is 25.7 Å². The second-order valence-electron chi connectivity index (χ2n) is 7.46. The maximum Gasteiger partial charge on any atom is 0.332 e. The largest absolute Gasteiger partial charge is 0.464 e. The maximum absolute atomic E-state index is 12.8. The van der Waals surface area contributed by atoms with Crippen LogP contribution in [0.3, 0.4) is 0 Å². The van der Waals surface area contributed by atoms with Gasteiger partial charge in [-0.25, -0.2) is 14.8 Å². The fourth-order valence-corrected chi connectivity index (χ4v) is 3.43. The minimum Gasteiger partial charge on any atom is -0.464 e. The number of piperazine rings is 1. The molecular formula is C21H27N5O2. The Morgan fingerprint density at radius 3 is 2.93 bits per heavy atom. The van der Waals surface area contributed by atoms with Crippen molar-refractivity contribution in [2.24, 2.45) is 0 Å². The monoisotopic (exact) mass is 381 g/mol. The summed E-state index contributed by atoms with van der Waals surface area (Å²) in [5, 5.41) is 13.3. The molecule has 2 atom stereocenters. The highest BCUT2D eigenvalue weighted by molar-refractivity contribution is 5.89. The zero-order chi connectivity index (χ0) is 20.3. The zero-order valence-corrected chi connectivity index (χ0v) is 17.0. The fraction of sp³-hybridized carbons (Fsp3) is 0.524. The van der Waals surface area contributed by atoms with Crippen LogP contribution in [0, 0.1) is 18.3 Å². The number of esters is 1. The van der Waals surface area contributed by atoms with Gasteiger partial charge in [0.1, 0.15) is 5.69 Å². The number of rotatable bonds is 5. The average Bonchev–Trinajstić information content (AvgIpc) is 2.71. The van der Waals surface area contributed by atoms with Crippen LogP contribution in [0.15, 0.2) is 18.2 Å². The van der Waals surface area contributed by atoms with Gasteiger partial charge in [-0.05, 0) is 38.8 Å². The molecule has 0 radical (unpaired) electrons. The molecule has 148 valence electrons. The number of aromatic nitrogens is 2. The van der Waals surface area contributed by atoms with E-state index in [4.69, 9.17) is 14.7 Å². The third-order valence-corrected chi connectivity index (χ3v) is 5.19. The molecule has 2 heterocycles. The quantitative estimate of drug-likeness (QED) is 0.796. The predicted molar refractivity (Wildman–Crippen MR) is 108 cm³/mol. The lowest BCUT2D eigenvalue weighted by Gasteiger charge is -2.37. The Kier molecular flexibility index (Phi) is 5.80. The van der Waals surface area contributed by atoms with Crippen LogP contribution < -0.4 is 10.2 Å². The zero-order valence-electron chi connectivity index (χ0n) is 17.0. The van der Waals surface area contributed by atoms with Gasteiger partial charge in [0.25, 0.3) is 0 Å². The highest BCUT2D eigenvalue weighted by Gasteiger charge is 2.43. The summed E-state index contributed by atoms with van der Waals surface area (Å²) in [6.07, 6.45) is 0.692. The number of para-hydroxylation sites is 1. The van der Waals surface area contributed by atoms with Gasteiger partial charge < -0.3 is 15.0 Å². The molecule has 3 rings (SSSR count). The van der Waals surface area contributed by atoms with Crippen LogP contribution in [0.5, 0.6) is 0 Å². The van der Waals surface area contributed by atoms with E-state index in [-0.39, 0.29) is 12.6 Å². The van der Waals surface area contributed by atoms with Crippen LogP contribution in [-0.4, -0.2) is 48.2 Å². The summed E-state index contributed by atoms with van der Waals surface area (Å²) < 4.78 is 5.35. The molecule has 28 heavy (non-hydrogen) atoms. The van der Waals surface area contributed by atoms with E-state index in [0.717, 1.165) is 30.7 Å². The standard InChI is InChI=1S/C21H27N5O2/c1-5-11-28-20(27)21(4,13-22)18-19(26-10-9-23-12-15(26)3)25-17-14(2)7-6-8-16(17)24-18/h6-8,15,23H,5,9-12H2,1-4H3. The Labute approximate surface area is 165 Å². The first-order valence-electron chi connectivity index (χ1n) is 9.76.